The summed E-state index contributed by atoms with van der Waals surface area (Å²) in [5.41, 5.74) is 1.42. The zero-order chi connectivity index (χ0) is 12.8. The van der Waals surface area contributed by atoms with Gasteiger partial charge in [-0.05, 0) is 37.3 Å². The van der Waals surface area contributed by atoms with Gasteiger partial charge in [-0.25, -0.2) is 0 Å². The predicted octanol–water partition coefficient (Wildman–Crippen LogP) is 3.33. The van der Waals surface area contributed by atoms with Crippen molar-refractivity contribution in [1.82, 2.24) is 4.98 Å². The van der Waals surface area contributed by atoms with Crippen molar-refractivity contribution in [3.63, 3.8) is 0 Å². The number of hydrogen-bond donors (Lipinski definition) is 1. The summed E-state index contributed by atoms with van der Waals surface area (Å²) in [5, 5.41) is 11.8. The van der Waals surface area contributed by atoms with Crippen LogP contribution in [-0.2, 0) is 6.42 Å². The fraction of sp³-hybridized carbons (Fsp3) is 0.438. The van der Waals surface area contributed by atoms with Crippen molar-refractivity contribution in [2.24, 2.45) is 5.41 Å². The van der Waals surface area contributed by atoms with E-state index in [9.17, 15) is 5.11 Å². The molecule has 1 heterocycles. The Bertz CT molecular complexity index is 584. The second-order valence-corrected chi connectivity index (χ2v) is 6.01. The Hall–Kier alpha value is -1.41. The third kappa shape index (κ3) is 1.91. The topological polar surface area (TPSA) is 33.1 Å². The van der Waals surface area contributed by atoms with E-state index in [-0.39, 0.29) is 5.41 Å². The minimum absolute atomic E-state index is 0.0837. The maximum Gasteiger partial charge on any atom is 0.0728 e. The Labute approximate surface area is 108 Å². The average Bonchev–Trinajstić information content (AvgIpc) is 3.09. The molecule has 0 aliphatic heterocycles. The third-order valence-electron chi connectivity index (χ3n) is 4.48. The van der Waals surface area contributed by atoms with Crippen LogP contribution in [0.4, 0.5) is 0 Å². The van der Waals surface area contributed by atoms with E-state index in [2.05, 4.69) is 24.0 Å². The Morgan fingerprint density at radius 1 is 1.22 bits per heavy atom. The van der Waals surface area contributed by atoms with Crippen molar-refractivity contribution in [3.8, 4) is 0 Å². The Balaban J connectivity index is 1.91. The second kappa shape index (κ2) is 3.79. The molecule has 0 bridgehead atoms. The van der Waals surface area contributed by atoms with E-state index in [0.717, 1.165) is 29.4 Å². The summed E-state index contributed by atoms with van der Waals surface area (Å²) in [7, 11) is 0. The Morgan fingerprint density at radius 3 is 2.67 bits per heavy atom. The standard InChI is InChI=1S/C16H19NO/c1-15(9-10-15)16(2,18)11-13-8-7-12-5-3-4-6-14(12)17-13/h3-8,18H,9-11H2,1-2H3. The summed E-state index contributed by atoms with van der Waals surface area (Å²) >= 11 is 0. The van der Waals surface area contributed by atoms with Gasteiger partial charge in [-0.15, -0.1) is 0 Å². The van der Waals surface area contributed by atoms with Gasteiger partial charge in [0.15, 0.2) is 0 Å². The molecule has 0 spiro atoms. The number of nitrogens with zero attached hydrogens (tertiary/aromatic N) is 1. The first-order valence-corrected chi connectivity index (χ1v) is 6.57. The fourth-order valence-corrected chi connectivity index (χ4v) is 2.50. The number of rotatable bonds is 3. The number of fused-ring (bicyclic) bond motifs is 1. The minimum atomic E-state index is -0.650. The normalized spacial score (nSPS) is 20.6. The highest BCUT2D eigenvalue weighted by Gasteiger charge is 2.52. The smallest absolute Gasteiger partial charge is 0.0728 e. The molecule has 1 saturated carbocycles. The molecule has 0 radical (unpaired) electrons. The molecule has 1 aromatic carbocycles. The highest BCUT2D eigenvalue weighted by atomic mass is 16.3. The molecule has 0 amide bonds. The maximum atomic E-state index is 10.6. The number of aliphatic hydroxyl groups is 1. The molecule has 3 rings (SSSR count). The minimum Gasteiger partial charge on any atom is -0.389 e. The molecule has 2 nitrogen and oxygen atoms in total. The van der Waals surface area contributed by atoms with E-state index < -0.39 is 5.60 Å². The van der Waals surface area contributed by atoms with Crippen molar-refractivity contribution in [3.05, 3.63) is 42.1 Å². The van der Waals surface area contributed by atoms with Gasteiger partial charge in [0.2, 0.25) is 0 Å². The van der Waals surface area contributed by atoms with Crippen LogP contribution in [-0.4, -0.2) is 15.7 Å². The van der Waals surface area contributed by atoms with Crippen molar-refractivity contribution in [2.75, 3.05) is 0 Å². The molecule has 1 aliphatic carbocycles. The first-order valence-electron chi connectivity index (χ1n) is 6.57. The fourth-order valence-electron chi connectivity index (χ4n) is 2.50. The zero-order valence-corrected chi connectivity index (χ0v) is 11.0. The summed E-state index contributed by atoms with van der Waals surface area (Å²) in [4.78, 5) is 4.64. The van der Waals surface area contributed by atoms with Crippen LogP contribution < -0.4 is 0 Å². The largest absolute Gasteiger partial charge is 0.389 e. The summed E-state index contributed by atoms with van der Waals surface area (Å²) in [5.74, 6) is 0. The van der Waals surface area contributed by atoms with Gasteiger partial charge in [0.1, 0.15) is 0 Å². The molecule has 2 heteroatoms. The van der Waals surface area contributed by atoms with Crippen LogP contribution in [0.3, 0.4) is 0 Å². The molecule has 0 saturated heterocycles. The lowest BCUT2D eigenvalue weighted by Crippen LogP contribution is -2.37. The van der Waals surface area contributed by atoms with Crippen LogP contribution in [0.15, 0.2) is 36.4 Å². The van der Waals surface area contributed by atoms with Crippen molar-refractivity contribution in [1.29, 1.82) is 0 Å². The molecule has 1 aromatic heterocycles. The highest BCUT2D eigenvalue weighted by Crippen LogP contribution is 2.54. The molecule has 1 aliphatic rings. The van der Waals surface area contributed by atoms with Gasteiger partial charge < -0.3 is 5.11 Å². The molecule has 1 unspecified atom stereocenters. The molecule has 1 N–H and O–H groups in total. The van der Waals surface area contributed by atoms with Crippen LogP contribution in [0.25, 0.3) is 10.9 Å². The van der Waals surface area contributed by atoms with Crippen molar-refractivity contribution >= 4 is 10.9 Å². The highest BCUT2D eigenvalue weighted by molar-refractivity contribution is 5.78. The lowest BCUT2D eigenvalue weighted by molar-refractivity contribution is -0.00777. The number of pyridine rings is 1. The van der Waals surface area contributed by atoms with Gasteiger partial charge in [0.05, 0.1) is 11.1 Å². The Morgan fingerprint density at radius 2 is 1.94 bits per heavy atom. The molecule has 1 atom stereocenters. The SMILES string of the molecule is CC(O)(Cc1ccc2ccccc2n1)C1(C)CC1. The van der Waals surface area contributed by atoms with Gasteiger partial charge >= 0.3 is 0 Å². The van der Waals surface area contributed by atoms with Crippen LogP contribution >= 0.6 is 0 Å². The van der Waals surface area contributed by atoms with Crippen LogP contribution in [0.2, 0.25) is 0 Å². The number of benzene rings is 1. The first kappa shape index (κ1) is 11.7. The van der Waals surface area contributed by atoms with E-state index in [1.807, 2.05) is 31.2 Å². The summed E-state index contributed by atoms with van der Waals surface area (Å²) in [6, 6.07) is 12.2. The van der Waals surface area contributed by atoms with E-state index in [0.29, 0.717) is 6.42 Å². The van der Waals surface area contributed by atoms with E-state index in [1.54, 1.807) is 0 Å². The number of aromatic nitrogens is 1. The quantitative estimate of drug-likeness (QED) is 0.894. The van der Waals surface area contributed by atoms with Crippen molar-refractivity contribution in [2.45, 2.75) is 38.7 Å². The molecular formula is C16H19NO. The van der Waals surface area contributed by atoms with Crippen LogP contribution in [0.5, 0.6) is 0 Å². The van der Waals surface area contributed by atoms with Gasteiger partial charge in [0.25, 0.3) is 0 Å². The maximum absolute atomic E-state index is 10.6. The van der Waals surface area contributed by atoms with Crippen molar-refractivity contribution < 1.29 is 5.11 Å². The second-order valence-electron chi connectivity index (χ2n) is 6.01. The molecule has 1 fully saturated rings. The summed E-state index contributed by atoms with van der Waals surface area (Å²) in [6.07, 6.45) is 2.87. The van der Waals surface area contributed by atoms with Gasteiger partial charge in [-0.3, -0.25) is 4.98 Å². The molecule has 18 heavy (non-hydrogen) atoms. The van der Waals surface area contributed by atoms with E-state index in [4.69, 9.17) is 0 Å². The van der Waals surface area contributed by atoms with E-state index in [1.165, 1.54) is 0 Å². The molecule has 2 aromatic rings. The number of hydrogen-bond acceptors (Lipinski definition) is 2. The van der Waals surface area contributed by atoms with Gasteiger partial charge in [-0.1, -0.05) is 31.2 Å². The zero-order valence-electron chi connectivity index (χ0n) is 11.0. The van der Waals surface area contributed by atoms with Crippen LogP contribution in [0.1, 0.15) is 32.4 Å². The van der Waals surface area contributed by atoms with E-state index >= 15 is 0 Å². The summed E-state index contributed by atoms with van der Waals surface area (Å²) in [6.45, 7) is 4.10. The molecular weight excluding hydrogens is 222 g/mol. The Kier molecular flexibility index (Phi) is 2.46. The number of para-hydroxylation sites is 1. The first-order chi connectivity index (χ1) is 8.50. The lowest BCUT2D eigenvalue weighted by Gasteiger charge is -2.30. The van der Waals surface area contributed by atoms with Gasteiger partial charge in [0, 0.05) is 17.5 Å². The van der Waals surface area contributed by atoms with Gasteiger partial charge in [-0.2, -0.15) is 0 Å². The summed E-state index contributed by atoms with van der Waals surface area (Å²) < 4.78 is 0. The monoisotopic (exact) mass is 241 g/mol. The third-order valence-corrected chi connectivity index (χ3v) is 4.48. The molecule has 94 valence electrons. The predicted molar refractivity (Wildman–Crippen MR) is 73.4 cm³/mol. The average molecular weight is 241 g/mol. The lowest BCUT2D eigenvalue weighted by atomic mass is 9.83. The van der Waals surface area contributed by atoms with Crippen LogP contribution in [0, 0.1) is 5.41 Å².